The van der Waals surface area contributed by atoms with Crippen molar-refractivity contribution < 1.29 is 8.42 Å². The van der Waals surface area contributed by atoms with Gasteiger partial charge in [0.15, 0.2) is 0 Å². The first-order chi connectivity index (χ1) is 8.66. The molecule has 1 atom stereocenters. The summed E-state index contributed by atoms with van der Waals surface area (Å²) in [4.78, 5) is 2.29. The Morgan fingerprint density at radius 1 is 1.37 bits per heavy atom. The van der Waals surface area contributed by atoms with E-state index in [1.165, 1.54) is 15.6 Å². The second-order valence-corrected chi connectivity index (χ2v) is 8.77. The van der Waals surface area contributed by atoms with E-state index in [-0.39, 0.29) is 6.04 Å². The summed E-state index contributed by atoms with van der Waals surface area (Å²) < 4.78 is 26.3. The fraction of sp³-hybridized carbons (Fsp3) is 0.692. The van der Waals surface area contributed by atoms with Crippen LogP contribution < -0.4 is 5.73 Å². The smallest absolute Gasteiger partial charge is 0.243 e. The van der Waals surface area contributed by atoms with Gasteiger partial charge in [0.25, 0.3) is 0 Å². The van der Waals surface area contributed by atoms with Crippen LogP contribution in [0.5, 0.6) is 0 Å². The molecular formula is C13H24N2O2S2. The SMILES string of the molecule is Cc1cc(S(=O)(=O)N(C)CCC(N)C(C)C)c(C)s1. The number of aryl methyl sites for hydroxylation is 2. The quantitative estimate of drug-likeness (QED) is 0.877. The topological polar surface area (TPSA) is 63.4 Å². The Bertz CT molecular complexity index is 521. The molecule has 0 saturated heterocycles. The zero-order valence-electron chi connectivity index (χ0n) is 12.3. The van der Waals surface area contributed by atoms with Crippen LogP contribution in [0.1, 0.15) is 30.0 Å². The van der Waals surface area contributed by atoms with Crippen molar-refractivity contribution in [3.05, 3.63) is 15.8 Å². The zero-order chi connectivity index (χ0) is 14.8. The molecule has 0 aliphatic carbocycles. The summed E-state index contributed by atoms with van der Waals surface area (Å²) in [7, 11) is -1.76. The average Bonchev–Trinajstić information content (AvgIpc) is 2.65. The largest absolute Gasteiger partial charge is 0.327 e. The second kappa shape index (κ2) is 6.35. The third-order valence-corrected chi connectivity index (χ3v) is 6.40. The predicted molar refractivity (Wildman–Crippen MR) is 81.0 cm³/mol. The van der Waals surface area contributed by atoms with E-state index >= 15 is 0 Å². The number of nitrogens with two attached hydrogens (primary N) is 1. The van der Waals surface area contributed by atoms with Gasteiger partial charge in [-0.25, -0.2) is 12.7 Å². The van der Waals surface area contributed by atoms with Crippen molar-refractivity contribution in [3.63, 3.8) is 0 Å². The summed E-state index contributed by atoms with van der Waals surface area (Å²) in [6.07, 6.45) is 0.676. The van der Waals surface area contributed by atoms with Crippen LogP contribution in [0.3, 0.4) is 0 Å². The molecule has 0 radical (unpaired) electrons. The van der Waals surface area contributed by atoms with Crippen molar-refractivity contribution in [1.82, 2.24) is 4.31 Å². The molecule has 0 aliphatic heterocycles. The van der Waals surface area contributed by atoms with Gasteiger partial charge in [-0.3, -0.25) is 0 Å². The average molecular weight is 304 g/mol. The number of hydrogen-bond donors (Lipinski definition) is 1. The Morgan fingerprint density at radius 3 is 2.37 bits per heavy atom. The van der Waals surface area contributed by atoms with Gasteiger partial charge in [-0.1, -0.05) is 13.8 Å². The Kier molecular flexibility index (Phi) is 5.55. The Hall–Kier alpha value is -0.430. The third-order valence-electron chi connectivity index (χ3n) is 3.32. The highest BCUT2D eigenvalue weighted by Gasteiger charge is 2.24. The third kappa shape index (κ3) is 4.02. The maximum absolute atomic E-state index is 12.4. The summed E-state index contributed by atoms with van der Waals surface area (Å²) >= 11 is 1.51. The van der Waals surface area contributed by atoms with Gasteiger partial charge in [-0.2, -0.15) is 0 Å². The molecule has 0 aliphatic rings. The van der Waals surface area contributed by atoms with E-state index in [9.17, 15) is 8.42 Å². The van der Waals surface area contributed by atoms with Gasteiger partial charge in [-0.05, 0) is 32.3 Å². The van der Waals surface area contributed by atoms with E-state index in [1.54, 1.807) is 13.1 Å². The first-order valence-corrected chi connectivity index (χ1v) is 8.71. The molecule has 1 aromatic rings. The maximum Gasteiger partial charge on any atom is 0.243 e. The number of thiophene rings is 1. The lowest BCUT2D eigenvalue weighted by atomic mass is 10.0. The summed E-state index contributed by atoms with van der Waals surface area (Å²) in [6.45, 7) is 8.32. The fourth-order valence-electron chi connectivity index (χ4n) is 1.82. The summed E-state index contributed by atoms with van der Waals surface area (Å²) in [5.41, 5.74) is 5.96. The second-order valence-electron chi connectivity index (χ2n) is 5.30. The highest BCUT2D eigenvalue weighted by molar-refractivity contribution is 7.89. The van der Waals surface area contributed by atoms with Crippen LogP contribution in [0.2, 0.25) is 0 Å². The van der Waals surface area contributed by atoms with Gasteiger partial charge in [0.05, 0.1) is 4.90 Å². The zero-order valence-corrected chi connectivity index (χ0v) is 13.9. The molecule has 0 saturated carbocycles. The lowest BCUT2D eigenvalue weighted by Crippen LogP contribution is -2.34. The van der Waals surface area contributed by atoms with Crippen LogP contribution in [0, 0.1) is 19.8 Å². The van der Waals surface area contributed by atoms with Gasteiger partial charge < -0.3 is 5.73 Å². The molecule has 0 spiro atoms. The van der Waals surface area contributed by atoms with Crippen LogP contribution in [-0.2, 0) is 10.0 Å². The molecule has 0 bridgehead atoms. The maximum atomic E-state index is 12.4. The highest BCUT2D eigenvalue weighted by atomic mass is 32.2. The minimum atomic E-state index is -3.38. The van der Waals surface area contributed by atoms with Crippen LogP contribution in [-0.4, -0.2) is 32.4 Å². The first kappa shape index (κ1) is 16.6. The van der Waals surface area contributed by atoms with E-state index in [0.717, 1.165) is 9.75 Å². The van der Waals surface area contributed by atoms with Crippen molar-refractivity contribution in [2.24, 2.45) is 11.7 Å². The van der Waals surface area contributed by atoms with Gasteiger partial charge >= 0.3 is 0 Å². The molecule has 2 N–H and O–H groups in total. The molecule has 0 aromatic carbocycles. The monoisotopic (exact) mass is 304 g/mol. The van der Waals surface area contributed by atoms with Crippen LogP contribution in [0.15, 0.2) is 11.0 Å². The lowest BCUT2D eigenvalue weighted by Gasteiger charge is -2.21. The van der Waals surface area contributed by atoms with Gasteiger partial charge in [0.1, 0.15) is 0 Å². The first-order valence-electron chi connectivity index (χ1n) is 6.45. The van der Waals surface area contributed by atoms with Crippen molar-refractivity contribution in [3.8, 4) is 0 Å². The normalized spacial score (nSPS) is 14.3. The fourth-order valence-corrected chi connectivity index (χ4v) is 4.52. The number of hydrogen-bond acceptors (Lipinski definition) is 4. The molecule has 1 rings (SSSR count). The Labute approximate surface area is 120 Å². The van der Waals surface area contributed by atoms with E-state index in [0.29, 0.717) is 23.8 Å². The number of sulfonamides is 1. The highest BCUT2D eigenvalue weighted by Crippen LogP contribution is 2.27. The lowest BCUT2D eigenvalue weighted by molar-refractivity contribution is 0.397. The molecule has 1 heterocycles. The van der Waals surface area contributed by atoms with Crippen molar-refractivity contribution in [1.29, 1.82) is 0 Å². The molecule has 19 heavy (non-hydrogen) atoms. The van der Waals surface area contributed by atoms with Crippen LogP contribution in [0.25, 0.3) is 0 Å². The summed E-state index contributed by atoms with van der Waals surface area (Å²) in [5, 5.41) is 0. The Balaban J connectivity index is 2.81. The van der Waals surface area contributed by atoms with Gasteiger partial charge in [0, 0.05) is 29.4 Å². The van der Waals surface area contributed by atoms with E-state index < -0.39 is 10.0 Å². The van der Waals surface area contributed by atoms with E-state index in [1.807, 2.05) is 27.7 Å². The molecule has 0 fully saturated rings. The van der Waals surface area contributed by atoms with Gasteiger partial charge in [-0.15, -0.1) is 11.3 Å². The minimum absolute atomic E-state index is 0.0305. The van der Waals surface area contributed by atoms with E-state index in [4.69, 9.17) is 5.73 Å². The molecular weight excluding hydrogens is 280 g/mol. The molecule has 6 heteroatoms. The number of nitrogens with zero attached hydrogens (tertiary/aromatic N) is 1. The molecule has 0 amide bonds. The molecule has 1 aromatic heterocycles. The minimum Gasteiger partial charge on any atom is -0.327 e. The van der Waals surface area contributed by atoms with Crippen molar-refractivity contribution in [2.75, 3.05) is 13.6 Å². The summed E-state index contributed by atoms with van der Waals surface area (Å²) in [5.74, 6) is 0.362. The predicted octanol–water partition coefficient (Wildman–Crippen LogP) is 2.36. The molecule has 4 nitrogen and oxygen atoms in total. The van der Waals surface area contributed by atoms with Crippen LogP contribution >= 0.6 is 11.3 Å². The number of rotatable bonds is 6. The van der Waals surface area contributed by atoms with Gasteiger partial charge in [0.2, 0.25) is 10.0 Å². The summed E-state index contributed by atoms with van der Waals surface area (Å²) in [6, 6.07) is 1.77. The van der Waals surface area contributed by atoms with E-state index in [2.05, 4.69) is 0 Å². The van der Waals surface area contributed by atoms with Crippen LogP contribution in [0.4, 0.5) is 0 Å². The standard InChI is InChI=1S/C13H24N2O2S2/c1-9(2)12(14)6-7-15(5)19(16,17)13-8-10(3)18-11(13)4/h8-9,12H,6-7,14H2,1-5H3. The Morgan fingerprint density at radius 2 is 1.95 bits per heavy atom. The van der Waals surface area contributed by atoms with Crippen molar-refractivity contribution >= 4 is 21.4 Å². The molecule has 1 unspecified atom stereocenters. The molecule has 110 valence electrons. The van der Waals surface area contributed by atoms with Crippen molar-refractivity contribution in [2.45, 2.75) is 45.1 Å².